The second kappa shape index (κ2) is 11.2. The number of thiazole rings is 1. The first-order chi connectivity index (χ1) is 16.1. The van der Waals surface area contributed by atoms with Crippen molar-refractivity contribution >= 4 is 57.0 Å². The summed E-state index contributed by atoms with van der Waals surface area (Å²) in [6.45, 7) is 0.312. The Labute approximate surface area is 204 Å². The maximum atomic E-state index is 12.2. The normalized spacial score (nSPS) is 11.1. The third-order valence-electron chi connectivity index (χ3n) is 4.50. The Morgan fingerprint density at radius 3 is 2.85 bits per heavy atom. The van der Waals surface area contributed by atoms with Crippen LogP contribution >= 0.6 is 34.7 Å². The molecule has 9 heteroatoms. The molecular formula is C24H20ClN3O3S2. The molecule has 3 aromatic carbocycles. The van der Waals surface area contributed by atoms with E-state index >= 15 is 0 Å². The van der Waals surface area contributed by atoms with E-state index < -0.39 is 0 Å². The molecule has 0 aliphatic heterocycles. The number of fused-ring (bicyclic) bond motifs is 1. The smallest absolute Gasteiger partial charge is 0.250 e. The fourth-order valence-corrected chi connectivity index (χ4v) is 5.05. The topological polar surface area (TPSA) is 72.8 Å². The van der Waals surface area contributed by atoms with E-state index in [9.17, 15) is 4.79 Å². The Bertz CT molecular complexity index is 1260. The van der Waals surface area contributed by atoms with E-state index in [-0.39, 0.29) is 11.7 Å². The highest BCUT2D eigenvalue weighted by Gasteiger charge is 2.11. The summed E-state index contributed by atoms with van der Waals surface area (Å²) >= 11 is 9.00. The number of carbonyl (C=O) groups is 1. The fraction of sp³-hybridized carbons (Fsp3) is 0.125. The highest BCUT2D eigenvalue weighted by atomic mass is 35.5. The van der Waals surface area contributed by atoms with Crippen LogP contribution in [0.25, 0.3) is 10.2 Å². The zero-order valence-electron chi connectivity index (χ0n) is 17.7. The van der Waals surface area contributed by atoms with Gasteiger partial charge in [0.05, 0.1) is 29.3 Å². The second-order valence-corrected chi connectivity index (χ2v) is 9.52. The SMILES string of the molecule is COc1cccc(/C=N/NC(=O)CSc2nc3ccccc3s2)c1OCc1cccc(Cl)c1. The van der Waals surface area contributed by atoms with Crippen molar-refractivity contribution in [3.63, 3.8) is 0 Å². The summed E-state index contributed by atoms with van der Waals surface area (Å²) in [5, 5.41) is 4.73. The lowest BCUT2D eigenvalue weighted by Gasteiger charge is -2.13. The number of rotatable bonds is 9. The average molecular weight is 498 g/mol. The summed E-state index contributed by atoms with van der Waals surface area (Å²) in [6, 6.07) is 20.8. The number of benzene rings is 3. The van der Waals surface area contributed by atoms with Gasteiger partial charge in [-0.25, -0.2) is 10.4 Å². The molecule has 168 valence electrons. The quantitative estimate of drug-likeness (QED) is 0.180. The van der Waals surface area contributed by atoms with Gasteiger partial charge in [-0.1, -0.05) is 53.7 Å². The van der Waals surface area contributed by atoms with E-state index in [4.69, 9.17) is 21.1 Å². The minimum Gasteiger partial charge on any atom is -0.493 e. The number of hydrazone groups is 1. The van der Waals surface area contributed by atoms with Gasteiger partial charge >= 0.3 is 0 Å². The van der Waals surface area contributed by atoms with Crippen LogP contribution in [-0.4, -0.2) is 30.0 Å². The summed E-state index contributed by atoms with van der Waals surface area (Å²) < 4.78 is 13.4. The summed E-state index contributed by atoms with van der Waals surface area (Å²) in [6.07, 6.45) is 1.54. The molecule has 0 spiro atoms. The van der Waals surface area contributed by atoms with Crippen LogP contribution in [0.3, 0.4) is 0 Å². The van der Waals surface area contributed by atoms with E-state index in [1.54, 1.807) is 24.5 Å². The first-order valence-corrected chi connectivity index (χ1v) is 12.1. The minimum absolute atomic E-state index is 0.216. The number of methoxy groups -OCH3 is 1. The van der Waals surface area contributed by atoms with Crippen LogP contribution in [0.1, 0.15) is 11.1 Å². The molecular weight excluding hydrogens is 478 g/mol. The predicted molar refractivity (Wildman–Crippen MR) is 135 cm³/mol. The molecule has 0 fully saturated rings. The van der Waals surface area contributed by atoms with Crippen LogP contribution < -0.4 is 14.9 Å². The van der Waals surface area contributed by atoms with Crippen molar-refractivity contribution in [2.75, 3.05) is 12.9 Å². The minimum atomic E-state index is -0.222. The van der Waals surface area contributed by atoms with E-state index in [2.05, 4.69) is 15.5 Å². The Morgan fingerprint density at radius 1 is 1.18 bits per heavy atom. The first-order valence-electron chi connectivity index (χ1n) is 9.97. The molecule has 0 aliphatic rings. The van der Waals surface area contributed by atoms with Crippen LogP contribution in [0.5, 0.6) is 11.5 Å². The van der Waals surface area contributed by atoms with Crippen molar-refractivity contribution in [2.45, 2.75) is 10.9 Å². The highest BCUT2D eigenvalue weighted by Crippen LogP contribution is 2.31. The van der Waals surface area contributed by atoms with E-state index in [0.29, 0.717) is 28.7 Å². The maximum absolute atomic E-state index is 12.2. The summed E-state index contributed by atoms with van der Waals surface area (Å²) in [4.78, 5) is 16.8. The molecule has 1 aromatic heterocycles. The van der Waals surface area contributed by atoms with Crippen molar-refractivity contribution in [2.24, 2.45) is 5.10 Å². The van der Waals surface area contributed by atoms with Crippen molar-refractivity contribution in [1.29, 1.82) is 0 Å². The number of amides is 1. The Hall–Kier alpha value is -3.07. The van der Waals surface area contributed by atoms with Gasteiger partial charge in [0.25, 0.3) is 5.91 Å². The largest absolute Gasteiger partial charge is 0.493 e. The lowest BCUT2D eigenvalue weighted by atomic mass is 10.2. The predicted octanol–water partition coefficient (Wildman–Crippen LogP) is 5.78. The number of aromatic nitrogens is 1. The monoisotopic (exact) mass is 497 g/mol. The van der Waals surface area contributed by atoms with Crippen LogP contribution in [0.15, 0.2) is 76.2 Å². The van der Waals surface area contributed by atoms with Crippen molar-refractivity contribution in [3.8, 4) is 11.5 Å². The molecule has 0 bridgehead atoms. The lowest BCUT2D eigenvalue weighted by molar-refractivity contribution is -0.118. The number of hydrogen-bond donors (Lipinski definition) is 1. The van der Waals surface area contributed by atoms with Gasteiger partial charge in [0.1, 0.15) is 6.61 Å². The number of para-hydroxylation sites is 2. The van der Waals surface area contributed by atoms with Crippen molar-refractivity contribution in [3.05, 3.63) is 82.9 Å². The van der Waals surface area contributed by atoms with Gasteiger partial charge in [0.15, 0.2) is 15.8 Å². The van der Waals surface area contributed by atoms with Gasteiger partial charge in [-0.05, 0) is 42.0 Å². The number of ether oxygens (including phenoxy) is 2. The van der Waals surface area contributed by atoms with Gasteiger partial charge in [-0.3, -0.25) is 4.79 Å². The second-order valence-electron chi connectivity index (χ2n) is 6.83. The molecule has 0 saturated carbocycles. The maximum Gasteiger partial charge on any atom is 0.250 e. The number of nitrogens with one attached hydrogen (secondary N) is 1. The third-order valence-corrected chi connectivity index (χ3v) is 6.91. The molecule has 33 heavy (non-hydrogen) atoms. The van der Waals surface area contributed by atoms with Gasteiger partial charge in [0.2, 0.25) is 0 Å². The third kappa shape index (κ3) is 6.25. The van der Waals surface area contributed by atoms with Crippen molar-refractivity contribution in [1.82, 2.24) is 10.4 Å². The number of hydrogen-bond acceptors (Lipinski definition) is 7. The molecule has 1 heterocycles. The molecule has 0 aliphatic carbocycles. The van der Waals surface area contributed by atoms with Gasteiger partial charge in [0, 0.05) is 10.6 Å². The molecule has 0 unspecified atom stereocenters. The molecule has 0 saturated heterocycles. The summed E-state index contributed by atoms with van der Waals surface area (Å²) in [5.41, 5.74) is 5.09. The molecule has 1 amide bonds. The summed E-state index contributed by atoms with van der Waals surface area (Å²) in [7, 11) is 1.57. The van der Waals surface area contributed by atoms with Crippen LogP contribution in [-0.2, 0) is 11.4 Å². The Morgan fingerprint density at radius 2 is 2.03 bits per heavy atom. The lowest BCUT2D eigenvalue weighted by Crippen LogP contribution is -2.19. The zero-order valence-corrected chi connectivity index (χ0v) is 20.0. The fourth-order valence-electron chi connectivity index (χ4n) is 2.98. The number of nitrogens with zero attached hydrogens (tertiary/aromatic N) is 2. The standard InChI is InChI=1S/C24H20ClN3O3S2/c1-30-20-10-5-7-17(23(20)31-14-16-6-4-8-18(25)12-16)13-26-28-22(29)15-32-24-27-19-9-2-3-11-21(19)33-24/h2-13H,14-15H2,1H3,(H,28,29)/b26-13+. The highest BCUT2D eigenvalue weighted by molar-refractivity contribution is 8.01. The van der Waals surface area contributed by atoms with Gasteiger partial charge < -0.3 is 9.47 Å². The van der Waals surface area contributed by atoms with Gasteiger partial charge in [-0.2, -0.15) is 5.10 Å². The van der Waals surface area contributed by atoms with Crippen LogP contribution in [0.2, 0.25) is 5.02 Å². The van der Waals surface area contributed by atoms with Crippen molar-refractivity contribution < 1.29 is 14.3 Å². The average Bonchev–Trinajstić information content (AvgIpc) is 3.25. The van der Waals surface area contributed by atoms with E-state index in [0.717, 1.165) is 20.1 Å². The number of carbonyl (C=O) groups excluding carboxylic acids is 1. The summed E-state index contributed by atoms with van der Waals surface area (Å²) in [5.74, 6) is 1.09. The number of halogens is 1. The molecule has 1 N–H and O–H groups in total. The number of thioether (sulfide) groups is 1. The van der Waals surface area contributed by atoms with Crippen LogP contribution in [0, 0.1) is 0 Å². The Balaban J connectivity index is 1.37. The molecule has 6 nitrogen and oxygen atoms in total. The molecule has 4 aromatic rings. The molecule has 0 atom stereocenters. The molecule has 0 radical (unpaired) electrons. The van der Waals surface area contributed by atoms with E-state index in [1.165, 1.54) is 18.0 Å². The first kappa shape index (κ1) is 23.1. The van der Waals surface area contributed by atoms with Crippen LogP contribution in [0.4, 0.5) is 0 Å². The Kier molecular flexibility index (Phi) is 7.83. The van der Waals surface area contributed by atoms with E-state index in [1.807, 2.05) is 60.7 Å². The molecule has 4 rings (SSSR count). The zero-order chi connectivity index (χ0) is 23.0. The van der Waals surface area contributed by atoms with Gasteiger partial charge in [-0.15, -0.1) is 11.3 Å².